The molecule has 0 aliphatic heterocycles. The van der Waals surface area contributed by atoms with Crippen LogP contribution in [0.2, 0.25) is 0 Å². The van der Waals surface area contributed by atoms with Gasteiger partial charge in [0.25, 0.3) is 0 Å². The van der Waals surface area contributed by atoms with Crippen LogP contribution in [0.5, 0.6) is 0 Å². The van der Waals surface area contributed by atoms with Gasteiger partial charge in [-0.05, 0) is 7.92 Å². The lowest BCUT2D eigenvalue weighted by atomic mass is 10.9. The molecule has 3 N–H and O–H groups in total. The zero-order chi connectivity index (χ0) is 15.2. The van der Waals surface area contributed by atoms with Crippen LogP contribution in [0.15, 0.2) is 0 Å². The van der Waals surface area contributed by atoms with E-state index in [1.54, 1.807) is 0 Å². The Morgan fingerprint density at radius 1 is 0.737 bits per heavy atom. The van der Waals surface area contributed by atoms with Gasteiger partial charge in [0.15, 0.2) is 0 Å². The van der Waals surface area contributed by atoms with Crippen molar-refractivity contribution in [2.45, 2.75) is 0 Å². The molecule has 0 aliphatic rings. The summed E-state index contributed by atoms with van der Waals surface area (Å²) >= 11 is 0. The molecule has 3 amide bonds. The molecule has 0 saturated carbocycles. The van der Waals surface area contributed by atoms with Crippen molar-refractivity contribution in [2.24, 2.45) is 0 Å². The zero-order valence-electron chi connectivity index (χ0n) is 11.0. The summed E-state index contributed by atoms with van der Waals surface area (Å²) in [4.78, 5) is 35.3. The number of rotatable bonds is 6. The molecule has 0 aromatic heterocycles. The predicted molar refractivity (Wildman–Crippen MR) is 68.9 cm³/mol. The minimum Gasteiger partial charge on any atom is -0.465 e. The summed E-state index contributed by atoms with van der Waals surface area (Å²) in [5.41, 5.74) is 0. The summed E-state index contributed by atoms with van der Waals surface area (Å²) in [6.07, 6.45) is -3.07. The molecule has 10 heteroatoms. The topological polar surface area (TPSA) is 122 Å². The molecule has 0 rings (SSSR count). The van der Waals surface area contributed by atoms with Crippen LogP contribution in [-0.2, 0) is 0 Å². The zero-order valence-corrected chi connectivity index (χ0v) is 11.9. The van der Waals surface area contributed by atoms with Gasteiger partial charge in [0, 0.05) is 40.0 Å². The fourth-order valence-electron chi connectivity index (χ4n) is 1.22. The number of carboxylic acid groups (broad SMARTS) is 3. The van der Waals surface area contributed by atoms with Gasteiger partial charge in [-0.2, -0.15) is 0 Å². The first kappa shape index (κ1) is 17.2. The first-order chi connectivity index (χ1) is 8.65. The van der Waals surface area contributed by atoms with Crippen LogP contribution in [0, 0.1) is 0 Å². The molecule has 0 saturated heterocycles. The fourth-order valence-corrected chi connectivity index (χ4v) is 3.65. The van der Waals surface area contributed by atoms with Crippen molar-refractivity contribution >= 4 is 26.2 Å². The van der Waals surface area contributed by atoms with Crippen LogP contribution < -0.4 is 0 Å². The second-order valence-electron chi connectivity index (χ2n) is 4.04. The van der Waals surface area contributed by atoms with E-state index in [2.05, 4.69) is 0 Å². The van der Waals surface area contributed by atoms with Gasteiger partial charge in [-0.1, -0.05) is 0 Å². The van der Waals surface area contributed by atoms with E-state index in [1.165, 1.54) is 21.1 Å². The Morgan fingerprint density at radius 3 is 1.11 bits per heavy atom. The van der Waals surface area contributed by atoms with E-state index in [1.807, 2.05) is 0 Å². The van der Waals surface area contributed by atoms with Gasteiger partial charge < -0.3 is 30.0 Å². The molecule has 0 bridgehead atoms. The van der Waals surface area contributed by atoms with Crippen LogP contribution in [0.25, 0.3) is 0 Å². The second kappa shape index (κ2) is 7.63. The molecule has 0 fully saturated rings. The van der Waals surface area contributed by atoms with E-state index in [-0.39, 0.29) is 18.9 Å². The van der Waals surface area contributed by atoms with Crippen molar-refractivity contribution in [2.75, 3.05) is 40.0 Å². The Kier molecular flexibility index (Phi) is 6.92. The lowest BCUT2D eigenvalue weighted by Crippen LogP contribution is -2.34. The molecule has 110 valence electrons. The number of hydrogen-bond donors (Lipinski definition) is 3. The van der Waals surface area contributed by atoms with Crippen LogP contribution >= 0.6 is 7.92 Å². The summed E-state index contributed by atoms with van der Waals surface area (Å²) in [5, 5.41) is 26.4. The minimum atomic E-state index is -1.14. The molecular formula is C9H18N3O6P. The maximum atomic E-state index is 10.8. The van der Waals surface area contributed by atoms with Crippen LogP contribution in [-0.4, -0.2) is 88.3 Å². The fraction of sp³-hybridized carbons (Fsp3) is 0.667. The van der Waals surface area contributed by atoms with Crippen molar-refractivity contribution in [3.05, 3.63) is 0 Å². The molecular weight excluding hydrogens is 277 g/mol. The number of amides is 3. The predicted octanol–water partition coefficient (Wildman–Crippen LogP) is 1.17. The van der Waals surface area contributed by atoms with Gasteiger partial charge in [0.1, 0.15) is 0 Å². The lowest BCUT2D eigenvalue weighted by molar-refractivity contribution is 0.160. The highest BCUT2D eigenvalue weighted by Crippen LogP contribution is 2.37. The van der Waals surface area contributed by atoms with Crippen molar-refractivity contribution in [1.82, 2.24) is 14.7 Å². The standard InChI is InChI=1S/C9H18N3O6P/c1-10(7(13)14)4-19(5-11(2)8(15)16)6-12(3)9(17)18/h4-6H2,1-3H3,(H,13,14)(H,15,16)(H,17,18). The minimum absolute atomic E-state index is 0.111. The third-order valence-corrected chi connectivity index (χ3v) is 4.69. The van der Waals surface area contributed by atoms with E-state index >= 15 is 0 Å². The van der Waals surface area contributed by atoms with Crippen molar-refractivity contribution in [3.8, 4) is 0 Å². The summed E-state index contributed by atoms with van der Waals surface area (Å²) in [6, 6.07) is 0. The summed E-state index contributed by atoms with van der Waals surface area (Å²) in [5.74, 6) is 0. The highest BCUT2D eigenvalue weighted by molar-refractivity contribution is 7.57. The molecule has 0 aromatic carbocycles. The maximum Gasteiger partial charge on any atom is 0.407 e. The smallest absolute Gasteiger partial charge is 0.407 e. The highest BCUT2D eigenvalue weighted by Gasteiger charge is 2.21. The van der Waals surface area contributed by atoms with Crippen LogP contribution in [0.1, 0.15) is 0 Å². The molecule has 9 nitrogen and oxygen atoms in total. The summed E-state index contributed by atoms with van der Waals surface area (Å²) in [6.45, 7) is 0. The van der Waals surface area contributed by atoms with Gasteiger partial charge in [-0.3, -0.25) is 0 Å². The van der Waals surface area contributed by atoms with Crippen molar-refractivity contribution in [3.63, 3.8) is 0 Å². The SMILES string of the molecule is CN(CP(CN(C)C(=O)O)CN(C)C(=O)O)C(=O)O. The molecule has 19 heavy (non-hydrogen) atoms. The lowest BCUT2D eigenvalue weighted by Gasteiger charge is -2.28. The Labute approximate surface area is 111 Å². The Morgan fingerprint density at radius 2 is 0.947 bits per heavy atom. The van der Waals surface area contributed by atoms with Crippen molar-refractivity contribution < 1.29 is 29.7 Å². The highest BCUT2D eigenvalue weighted by atomic mass is 31.1. The molecule has 0 atom stereocenters. The molecule has 0 spiro atoms. The van der Waals surface area contributed by atoms with Gasteiger partial charge in [-0.25, -0.2) is 14.4 Å². The molecule has 0 heterocycles. The first-order valence-corrected chi connectivity index (χ1v) is 7.09. The Hall–Kier alpha value is -1.76. The quantitative estimate of drug-likeness (QED) is 0.632. The van der Waals surface area contributed by atoms with Gasteiger partial charge in [0.2, 0.25) is 0 Å². The average molecular weight is 295 g/mol. The second-order valence-corrected chi connectivity index (χ2v) is 6.23. The Bertz CT molecular complexity index is 301. The van der Waals surface area contributed by atoms with E-state index in [4.69, 9.17) is 15.3 Å². The maximum absolute atomic E-state index is 10.8. The monoisotopic (exact) mass is 295 g/mol. The molecule has 0 aromatic rings. The van der Waals surface area contributed by atoms with E-state index in [9.17, 15) is 14.4 Å². The largest absolute Gasteiger partial charge is 0.465 e. The van der Waals surface area contributed by atoms with Gasteiger partial charge >= 0.3 is 18.3 Å². The van der Waals surface area contributed by atoms with Crippen molar-refractivity contribution in [1.29, 1.82) is 0 Å². The third-order valence-electron chi connectivity index (χ3n) is 2.22. The molecule has 0 unspecified atom stereocenters. The van der Waals surface area contributed by atoms with E-state index in [0.29, 0.717) is 0 Å². The molecule has 0 radical (unpaired) electrons. The van der Waals surface area contributed by atoms with E-state index in [0.717, 1.165) is 14.7 Å². The number of carbonyl (C=O) groups is 3. The summed E-state index contributed by atoms with van der Waals surface area (Å²) in [7, 11) is 2.94. The number of nitrogens with zero attached hydrogens (tertiary/aromatic N) is 3. The third kappa shape index (κ3) is 6.66. The van der Waals surface area contributed by atoms with Crippen LogP contribution in [0.3, 0.4) is 0 Å². The summed E-state index contributed by atoms with van der Waals surface area (Å²) < 4.78 is 0. The average Bonchev–Trinajstić information content (AvgIpc) is 2.27. The van der Waals surface area contributed by atoms with Gasteiger partial charge in [0.05, 0.1) is 0 Å². The van der Waals surface area contributed by atoms with E-state index < -0.39 is 26.2 Å². The molecule has 0 aliphatic carbocycles. The number of hydrogen-bond acceptors (Lipinski definition) is 3. The Balaban J connectivity index is 4.67. The normalized spacial score (nSPS) is 10.1. The van der Waals surface area contributed by atoms with Gasteiger partial charge in [-0.15, -0.1) is 0 Å². The first-order valence-electron chi connectivity index (χ1n) is 5.19. The van der Waals surface area contributed by atoms with Crippen LogP contribution in [0.4, 0.5) is 14.4 Å².